The van der Waals surface area contributed by atoms with Crippen LogP contribution in [0.5, 0.6) is 0 Å². The number of rotatable bonds is 4. The topological polar surface area (TPSA) is 13.1 Å². The maximum atomic E-state index is 9.59. The Morgan fingerprint density at radius 3 is 1.82 bits per heavy atom. The highest BCUT2D eigenvalue weighted by molar-refractivity contribution is 6.26. The summed E-state index contributed by atoms with van der Waals surface area (Å²) < 4.78 is 85.4. The predicted molar refractivity (Wildman–Crippen MR) is 208 cm³/mol. The molecular formula is C48H30O. The quantitative estimate of drug-likeness (QED) is 0.176. The number of benzene rings is 9. The summed E-state index contributed by atoms with van der Waals surface area (Å²) in [5.74, 6) is 0. The molecule has 0 aliphatic heterocycles. The summed E-state index contributed by atoms with van der Waals surface area (Å²) >= 11 is 0. The largest absolute Gasteiger partial charge is 0.456 e. The predicted octanol–water partition coefficient (Wildman–Crippen LogP) is 13.7. The van der Waals surface area contributed by atoms with Crippen LogP contribution in [0.15, 0.2) is 186 Å². The molecule has 0 atom stereocenters. The van der Waals surface area contributed by atoms with Gasteiger partial charge in [0.15, 0.2) is 0 Å². The molecule has 1 nitrogen and oxygen atoms in total. The molecule has 0 N–H and O–H groups in total. The summed E-state index contributed by atoms with van der Waals surface area (Å²) in [5.41, 5.74) is 5.45. The third-order valence-electron chi connectivity index (χ3n) is 9.39. The molecule has 1 heteroatoms. The molecule has 228 valence electrons. The Bertz CT molecular complexity index is 3300. The Morgan fingerprint density at radius 2 is 1.06 bits per heavy atom. The summed E-state index contributed by atoms with van der Waals surface area (Å²) in [5, 5.41) is 7.02. The first-order chi connectivity index (χ1) is 28.0. The number of furan rings is 1. The SMILES string of the molecule is [2H]c1c([2H])c([2H])c(-c2c([2H])c([2H])c([2H])c(-c3c4ccccc4c(-c4cccc5oc6cc7cc(-c8ccccc8)ccc7cc6c45)c4ccccc34)c2[2H])c([2H])c1[2H]. The molecule has 0 aliphatic carbocycles. The van der Waals surface area contributed by atoms with Crippen molar-refractivity contribution in [3.05, 3.63) is 182 Å². The van der Waals surface area contributed by atoms with Crippen LogP contribution >= 0.6 is 0 Å². The Balaban J connectivity index is 1.27. The van der Waals surface area contributed by atoms with Gasteiger partial charge in [-0.05, 0) is 107 Å². The maximum absolute atomic E-state index is 9.59. The van der Waals surface area contributed by atoms with Gasteiger partial charge in [-0.1, -0.05) is 151 Å². The zero-order chi connectivity index (χ0) is 40.1. The van der Waals surface area contributed by atoms with E-state index in [9.17, 15) is 2.74 Å². The molecule has 0 spiro atoms. The van der Waals surface area contributed by atoms with Crippen LogP contribution in [-0.2, 0) is 0 Å². The first kappa shape index (κ1) is 20.0. The van der Waals surface area contributed by atoms with Crippen LogP contribution in [0, 0.1) is 0 Å². The molecule has 1 heterocycles. The van der Waals surface area contributed by atoms with Gasteiger partial charge in [0.25, 0.3) is 0 Å². The fraction of sp³-hybridized carbons (Fsp3) is 0. The van der Waals surface area contributed by atoms with E-state index in [1.807, 2.05) is 78.9 Å². The van der Waals surface area contributed by atoms with Crippen molar-refractivity contribution in [1.82, 2.24) is 0 Å². The van der Waals surface area contributed by atoms with Crippen molar-refractivity contribution in [2.24, 2.45) is 0 Å². The van der Waals surface area contributed by atoms with Gasteiger partial charge in [0, 0.05) is 10.8 Å². The number of hydrogen-bond donors (Lipinski definition) is 0. The Labute approximate surface area is 297 Å². The smallest absolute Gasteiger partial charge is 0.136 e. The zero-order valence-corrected chi connectivity index (χ0v) is 26.0. The molecule has 0 bridgehead atoms. The lowest BCUT2D eigenvalue weighted by molar-refractivity contribution is 0.669. The van der Waals surface area contributed by atoms with E-state index in [-0.39, 0.29) is 28.8 Å². The molecule has 0 fully saturated rings. The normalized spacial score (nSPS) is 14.2. The molecule has 0 amide bonds. The van der Waals surface area contributed by atoms with Gasteiger partial charge >= 0.3 is 0 Å². The summed E-state index contributed by atoms with van der Waals surface area (Å²) in [6.45, 7) is 0. The number of hydrogen-bond acceptors (Lipinski definition) is 1. The minimum Gasteiger partial charge on any atom is -0.456 e. The van der Waals surface area contributed by atoms with E-state index in [0.29, 0.717) is 16.3 Å². The lowest BCUT2D eigenvalue weighted by Crippen LogP contribution is -1.91. The van der Waals surface area contributed by atoms with Gasteiger partial charge in [-0.3, -0.25) is 0 Å². The van der Waals surface area contributed by atoms with Crippen molar-refractivity contribution in [3.63, 3.8) is 0 Å². The van der Waals surface area contributed by atoms with Gasteiger partial charge in [-0.2, -0.15) is 0 Å². The average Bonchev–Trinajstić information content (AvgIpc) is 3.62. The van der Waals surface area contributed by atoms with Crippen molar-refractivity contribution in [2.75, 3.05) is 0 Å². The lowest BCUT2D eigenvalue weighted by atomic mass is 9.84. The molecule has 10 aromatic rings. The fourth-order valence-corrected chi connectivity index (χ4v) is 7.24. The van der Waals surface area contributed by atoms with Crippen LogP contribution in [0.25, 0.3) is 98.8 Å². The minimum atomic E-state index is -0.607. The van der Waals surface area contributed by atoms with Gasteiger partial charge in [-0.25, -0.2) is 0 Å². The standard InChI is InChI=1S/C48H30O/c1-3-13-31(14-4-1)33-17-11-18-36(27-33)46-38-19-7-9-21-40(38)47(41-22-10-8-20-39(41)46)42-23-12-24-44-48(42)43-29-35-26-25-34(32-15-5-2-6-16-32)28-37(35)30-45(43)49-44/h1-30H/i1D,3D,4D,11D,13D,14D,17D,18D,27D. The lowest BCUT2D eigenvalue weighted by Gasteiger charge is -2.18. The molecule has 0 unspecified atom stereocenters. The van der Waals surface area contributed by atoms with E-state index in [0.717, 1.165) is 65.7 Å². The highest BCUT2D eigenvalue weighted by Crippen LogP contribution is 2.47. The zero-order valence-electron chi connectivity index (χ0n) is 35.0. The van der Waals surface area contributed by atoms with Crippen LogP contribution in [-0.4, -0.2) is 0 Å². The maximum Gasteiger partial charge on any atom is 0.136 e. The van der Waals surface area contributed by atoms with E-state index in [4.69, 9.17) is 14.0 Å². The van der Waals surface area contributed by atoms with E-state index in [2.05, 4.69) is 48.5 Å². The summed E-state index contributed by atoms with van der Waals surface area (Å²) in [4.78, 5) is 0. The first-order valence-corrected chi connectivity index (χ1v) is 16.1. The van der Waals surface area contributed by atoms with Gasteiger partial charge in [0.2, 0.25) is 0 Å². The van der Waals surface area contributed by atoms with Crippen molar-refractivity contribution in [3.8, 4) is 44.5 Å². The van der Waals surface area contributed by atoms with Crippen LogP contribution < -0.4 is 0 Å². The van der Waals surface area contributed by atoms with Crippen molar-refractivity contribution < 1.29 is 16.8 Å². The first-order valence-electron chi connectivity index (χ1n) is 20.6. The van der Waals surface area contributed by atoms with Crippen LogP contribution in [0.3, 0.4) is 0 Å². The van der Waals surface area contributed by atoms with Gasteiger partial charge in [0.1, 0.15) is 11.2 Å². The Morgan fingerprint density at radius 1 is 0.388 bits per heavy atom. The van der Waals surface area contributed by atoms with E-state index in [1.54, 1.807) is 0 Å². The highest BCUT2D eigenvalue weighted by atomic mass is 16.3. The Hall–Kier alpha value is -6.44. The highest BCUT2D eigenvalue weighted by Gasteiger charge is 2.20. The molecule has 9 aromatic carbocycles. The van der Waals surface area contributed by atoms with Crippen LogP contribution in [0.4, 0.5) is 0 Å². The molecule has 0 saturated carbocycles. The van der Waals surface area contributed by atoms with E-state index < -0.39 is 42.3 Å². The minimum absolute atomic E-state index is 0.0371. The molecule has 49 heavy (non-hydrogen) atoms. The molecule has 10 rings (SSSR count). The molecule has 0 radical (unpaired) electrons. The van der Waals surface area contributed by atoms with Crippen molar-refractivity contribution >= 4 is 54.3 Å². The molecule has 0 aliphatic rings. The average molecular weight is 632 g/mol. The third kappa shape index (κ3) is 4.47. The Kier molecular flexibility index (Phi) is 4.53. The monoisotopic (exact) mass is 631 g/mol. The summed E-state index contributed by atoms with van der Waals surface area (Å²) in [7, 11) is 0. The summed E-state index contributed by atoms with van der Waals surface area (Å²) in [6, 6.07) is 37.6. The van der Waals surface area contributed by atoms with Crippen molar-refractivity contribution in [2.45, 2.75) is 0 Å². The molecule has 0 saturated heterocycles. The van der Waals surface area contributed by atoms with E-state index in [1.165, 1.54) is 0 Å². The summed E-state index contributed by atoms with van der Waals surface area (Å²) in [6.07, 6.45) is 0. The van der Waals surface area contributed by atoms with Gasteiger partial charge in [-0.15, -0.1) is 0 Å². The van der Waals surface area contributed by atoms with Crippen LogP contribution in [0.1, 0.15) is 12.3 Å². The van der Waals surface area contributed by atoms with Gasteiger partial charge in [0.05, 0.1) is 12.3 Å². The van der Waals surface area contributed by atoms with Crippen molar-refractivity contribution in [1.29, 1.82) is 0 Å². The molecular weight excluding hydrogens is 593 g/mol. The second-order valence-corrected chi connectivity index (χ2v) is 12.1. The molecule has 1 aromatic heterocycles. The fourth-order valence-electron chi connectivity index (χ4n) is 7.24. The van der Waals surface area contributed by atoms with Gasteiger partial charge < -0.3 is 4.42 Å². The second kappa shape index (κ2) is 11.1. The number of fused-ring (bicyclic) bond motifs is 6. The van der Waals surface area contributed by atoms with E-state index >= 15 is 0 Å². The third-order valence-corrected chi connectivity index (χ3v) is 9.39. The van der Waals surface area contributed by atoms with Crippen LogP contribution in [0.2, 0.25) is 0 Å². The second-order valence-electron chi connectivity index (χ2n) is 12.1.